The molecule has 8 nitrogen and oxygen atoms in total. The van der Waals surface area contributed by atoms with E-state index in [-0.39, 0.29) is 23.9 Å². The maximum absolute atomic E-state index is 13.0. The number of carbonyl (C=O) groups is 2. The van der Waals surface area contributed by atoms with Gasteiger partial charge in [-0.3, -0.25) is 9.59 Å². The SMILES string of the molecule is COc1ccccc1C1CC(C(=O)N2CCc3nc(NC(C)=O)sc3C2)NN1. The highest BCUT2D eigenvalue weighted by molar-refractivity contribution is 7.15. The molecule has 2 aliphatic heterocycles. The largest absolute Gasteiger partial charge is 0.496 e. The number of benzene rings is 1. The van der Waals surface area contributed by atoms with Crippen LogP contribution < -0.4 is 20.9 Å². The smallest absolute Gasteiger partial charge is 0.241 e. The Morgan fingerprint density at radius 2 is 2.14 bits per heavy atom. The van der Waals surface area contributed by atoms with E-state index < -0.39 is 0 Å². The van der Waals surface area contributed by atoms with Crippen molar-refractivity contribution in [1.29, 1.82) is 0 Å². The molecule has 9 heteroatoms. The Kier molecular flexibility index (Phi) is 5.29. The van der Waals surface area contributed by atoms with Crippen LogP contribution in [-0.2, 0) is 22.6 Å². The van der Waals surface area contributed by atoms with Crippen molar-refractivity contribution in [3.63, 3.8) is 0 Å². The first-order valence-electron chi connectivity index (χ1n) is 9.24. The van der Waals surface area contributed by atoms with Crippen LogP contribution in [0.2, 0.25) is 0 Å². The van der Waals surface area contributed by atoms with Crippen molar-refractivity contribution in [2.24, 2.45) is 0 Å². The fraction of sp³-hybridized carbons (Fsp3) is 0.421. The standard InChI is InChI=1S/C19H23N5O3S/c1-11(25)20-19-21-13-7-8-24(10-17(13)28-19)18(26)15-9-14(22-23-15)12-5-3-4-6-16(12)27-2/h3-6,14-15,22-23H,7-10H2,1-2H3,(H,20,21,25). The van der Waals surface area contributed by atoms with Gasteiger partial charge in [0, 0.05) is 30.3 Å². The molecule has 2 aliphatic rings. The first kappa shape index (κ1) is 18.9. The van der Waals surface area contributed by atoms with Crippen molar-refractivity contribution in [2.45, 2.75) is 38.4 Å². The molecule has 28 heavy (non-hydrogen) atoms. The van der Waals surface area contributed by atoms with Crippen LogP contribution in [0, 0.1) is 0 Å². The molecular weight excluding hydrogens is 378 g/mol. The van der Waals surface area contributed by atoms with Crippen LogP contribution in [0.15, 0.2) is 24.3 Å². The van der Waals surface area contributed by atoms with Gasteiger partial charge in [-0.05, 0) is 12.5 Å². The summed E-state index contributed by atoms with van der Waals surface area (Å²) in [5.74, 6) is 0.750. The lowest BCUT2D eigenvalue weighted by molar-refractivity contribution is -0.134. The molecular formula is C19H23N5O3S. The third-order valence-corrected chi connectivity index (χ3v) is 6.04. The summed E-state index contributed by atoms with van der Waals surface area (Å²) in [5, 5.41) is 3.33. The zero-order valence-corrected chi connectivity index (χ0v) is 16.6. The summed E-state index contributed by atoms with van der Waals surface area (Å²) >= 11 is 1.44. The number of methoxy groups -OCH3 is 1. The molecule has 0 saturated carbocycles. The summed E-state index contributed by atoms with van der Waals surface area (Å²) in [4.78, 5) is 31.6. The molecule has 2 unspecified atom stereocenters. The molecule has 2 amide bonds. The van der Waals surface area contributed by atoms with Crippen LogP contribution in [0.4, 0.5) is 5.13 Å². The van der Waals surface area contributed by atoms with Gasteiger partial charge in [0.05, 0.1) is 25.4 Å². The number of hydrazine groups is 1. The highest BCUT2D eigenvalue weighted by Gasteiger charge is 2.35. The van der Waals surface area contributed by atoms with Gasteiger partial charge >= 0.3 is 0 Å². The number of hydrogen-bond donors (Lipinski definition) is 3. The van der Waals surface area contributed by atoms with Crippen LogP contribution in [0.1, 0.15) is 35.5 Å². The predicted octanol–water partition coefficient (Wildman–Crippen LogP) is 1.60. The van der Waals surface area contributed by atoms with Crippen LogP contribution in [0.5, 0.6) is 5.75 Å². The number of aromatic nitrogens is 1. The van der Waals surface area contributed by atoms with E-state index >= 15 is 0 Å². The molecule has 3 heterocycles. The summed E-state index contributed by atoms with van der Waals surface area (Å²) in [6, 6.07) is 7.56. The van der Waals surface area contributed by atoms with Crippen LogP contribution in [0.25, 0.3) is 0 Å². The fourth-order valence-electron chi connectivity index (χ4n) is 3.68. The van der Waals surface area contributed by atoms with Crippen molar-refractivity contribution in [3.05, 3.63) is 40.4 Å². The number of nitrogens with zero attached hydrogens (tertiary/aromatic N) is 2. The minimum Gasteiger partial charge on any atom is -0.496 e. The lowest BCUT2D eigenvalue weighted by atomic mass is 10.00. The summed E-state index contributed by atoms with van der Waals surface area (Å²) in [5.41, 5.74) is 8.38. The lowest BCUT2D eigenvalue weighted by Gasteiger charge is -2.28. The van der Waals surface area contributed by atoms with Gasteiger partial charge < -0.3 is 15.0 Å². The molecule has 0 spiro atoms. The van der Waals surface area contributed by atoms with Gasteiger partial charge in [0.1, 0.15) is 11.8 Å². The predicted molar refractivity (Wildman–Crippen MR) is 106 cm³/mol. The Labute approximate surface area is 167 Å². The van der Waals surface area contributed by atoms with Crippen molar-refractivity contribution in [2.75, 3.05) is 19.0 Å². The molecule has 1 saturated heterocycles. The molecule has 1 aromatic heterocycles. The summed E-state index contributed by atoms with van der Waals surface area (Å²) in [6.45, 7) is 2.63. The Balaban J connectivity index is 1.42. The maximum Gasteiger partial charge on any atom is 0.241 e. The van der Waals surface area contributed by atoms with Gasteiger partial charge in [-0.1, -0.05) is 29.5 Å². The number of carbonyl (C=O) groups excluding carboxylic acids is 2. The number of amides is 2. The number of fused-ring (bicyclic) bond motifs is 1. The number of thiazole rings is 1. The van der Waals surface area contributed by atoms with Gasteiger partial charge in [-0.2, -0.15) is 0 Å². The Bertz CT molecular complexity index is 899. The molecule has 4 rings (SSSR count). The molecule has 148 valence electrons. The highest BCUT2D eigenvalue weighted by Crippen LogP contribution is 2.32. The van der Waals surface area contributed by atoms with Crippen molar-refractivity contribution in [1.82, 2.24) is 20.7 Å². The van der Waals surface area contributed by atoms with E-state index in [0.717, 1.165) is 21.9 Å². The second-order valence-corrected chi connectivity index (χ2v) is 8.03. The van der Waals surface area contributed by atoms with Crippen LogP contribution in [-0.4, -0.2) is 41.4 Å². The van der Waals surface area contributed by atoms with E-state index in [1.54, 1.807) is 7.11 Å². The monoisotopic (exact) mass is 401 g/mol. The average molecular weight is 401 g/mol. The van der Waals surface area contributed by atoms with E-state index in [1.807, 2.05) is 29.2 Å². The van der Waals surface area contributed by atoms with Gasteiger partial charge in [-0.25, -0.2) is 15.8 Å². The molecule has 1 aromatic carbocycles. The van der Waals surface area contributed by atoms with E-state index in [2.05, 4.69) is 21.2 Å². The number of hydrogen-bond acceptors (Lipinski definition) is 7. The molecule has 0 aliphatic carbocycles. The number of para-hydroxylation sites is 1. The zero-order valence-electron chi connectivity index (χ0n) is 15.8. The average Bonchev–Trinajstić information content (AvgIpc) is 3.32. The fourth-order valence-corrected chi connectivity index (χ4v) is 4.75. The van der Waals surface area contributed by atoms with E-state index in [9.17, 15) is 9.59 Å². The quantitative estimate of drug-likeness (QED) is 0.720. The van der Waals surface area contributed by atoms with Gasteiger partial charge in [0.2, 0.25) is 11.8 Å². The number of rotatable bonds is 4. The molecule has 3 N–H and O–H groups in total. The number of anilines is 1. The van der Waals surface area contributed by atoms with Crippen LogP contribution >= 0.6 is 11.3 Å². The Morgan fingerprint density at radius 3 is 2.93 bits per heavy atom. The topological polar surface area (TPSA) is 95.6 Å². The molecule has 1 fully saturated rings. The minimum absolute atomic E-state index is 0.0141. The summed E-state index contributed by atoms with van der Waals surface area (Å²) in [6.07, 6.45) is 1.36. The third-order valence-electron chi connectivity index (χ3n) is 5.04. The Hall–Kier alpha value is -2.49. The Morgan fingerprint density at radius 1 is 1.32 bits per heavy atom. The minimum atomic E-state index is -0.292. The number of ether oxygens (including phenoxy) is 1. The molecule has 0 radical (unpaired) electrons. The molecule has 0 bridgehead atoms. The number of nitrogens with one attached hydrogen (secondary N) is 3. The first-order chi connectivity index (χ1) is 13.5. The third kappa shape index (κ3) is 3.73. The van der Waals surface area contributed by atoms with Crippen molar-refractivity contribution >= 4 is 28.3 Å². The van der Waals surface area contributed by atoms with E-state index in [1.165, 1.54) is 18.3 Å². The molecule has 2 atom stereocenters. The summed E-state index contributed by atoms with van der Waals surface area (Å²) in [7, 11) is 1.65. The normalized spacial score (nSPS) is 21.3. The maximum atomic E-state index is 13.0. The van der Waals surface area contributed by atoms with Crippen LogP contribution in [0.3, 0.4) is 0 Å². The van der Waals surface area contributed by atoms with E-state index in [0.29, 0.717) is 31.1 Å². The van der Waals surface area contributed by atoms with E-state index in [4.69, 9.17) is 4.74 Å². The second-order valence-electron chi connectivity index (χ2n) is 6.95. The summed E-state index contributed by atoms with van der Waals surface area (Å²) < 4.78 is 5.44. The van der Waals surface area contributed by atoms with Crippen molar-refractivity contribution < 1.29 is 14.3 Å². The van der Waals surface area contributed by atoms with Gasteiger partial charge in [0.25, 0.3) is 0 Å². The molecule has 2 aromatic rings. The zero-order chi connectivity index (χ0) is 19.7. The van der Waals surface area contributed by atoms with Gasteiger partial charge in [-0.15, -0.1) is 0 Å². The highest BCUT2D eigenvalue weighted by atomic mass is 32.1. The van der Waals surface area contributed by atoms with Crippen molar-refractivity contribution in [3.8, 4) is 5.75 Å². The lowest BCUT2D eigenvalue weighted by Crippen LogP contribution is -2.47. The second kappa shape index (κ2) is 7.86. The first-order valence-corrected chi connectivity index (χ1v) is 10.1. The van der Waals surface area contributed by atoms with Gasteiger partial charge in [0.15, 0.2) is 5.13 Å².